The van der Waals surface area contributed by atoms with Crippen LogP contribution in [0.1, 0.15) is 53.9 Å². The normalized spacial score (nSPS) is 22.1. The van der Waals surface area contributed by atoms with Gasteiger partial charge in [-0.1, -0.05) is 0 Å². The second-order valence-corrected chi connectivity index (χ2v) is 6.60. The lowest BCUT2D eigenvalue weighted by Gasteiger charge is -2.22. The van der Waals surface area contributed by atoms with Gasteiger partial charge in [-0.25, -0.2) is 4.79 Å². The zero-order valence-corrected chi connectivity index (χ0v) is 14.6. The lowest BCUT2D eigenvalue weighted by molar-refractivity contribution is -0.133. The van der Waals surface area contributed by atoms with Crippen LogP contribution < -0.4 is 10.6 Å². The van der Waals surface area contributed by atoms with Crippen LogP contribution in [-0.2, 0) is 14.2 Å². The molecular weight excluding hydrogens is 284 g/mol. The van der Waals surface area contributed by atoms with E-state index in [4.69, 9.17) is 14.2 Å². The highest BCUT2D eigenvalue weighted by atomic mass is 16.7. The summed E-state index contributed by atoms with van der Waals surface area (Å²) in [5.74, 6) is 0. The molecule has 6 heteroatoms. The number of nitrogens with one attached hydrogen (secondary N) is 2. The van der Waals surface area contributed by atoms with Crippen molar-refractivity contribution in [3.63, 3.8) is 0 Å². The summed E-state index contributed by atoms with van der Waals surface area (Å²) in [6, 6.07) is 0.549. The van der Waals surface area contributed by atoms with E-state index in [1.54, 1.807) is 0 Å². The fourth-order valence-electron chi connectivity index (χ4n) is 2.57. The Bertz CT molecular complexity index is 325. The minimum Gasteiger partial charge on any atom is -0.444 e. The van der Waals surface area contributed by atoms with Gasteiger partial charge in [0.05, 0.1) is 0 Å². The Morgan fingerprint density at radius 1 is 1.14 bits per heavy atom. The summed E-state index contributed by atoms with van der Waals surface area (Å²) in [5.41, 5.74) is -0.456. The molecule has 1 rings (SSSR count). The maximum absolute atomic E-state index is 11.8. The molecule has 0 aromatic carbocycles. The Kier molecular flexibility index (Phi) is 8.14. The molecule has 0 spiro atoms. The predicted molar refractivity (Wildman–Crippen MR) is 85.8 cm³/mol. The summed E-state index contributed by atoms with van der Waals surface area (Å²) in [7, 11) is 0. The second-order valence-electron chi connectivity index (χ2n) is 6.60. The van der Waals surface area contributed by atoms with Crippen molar-refractivity contribution < 1.29 is 19.0 Å². The average Bonchev–Trinajstić information content (AvgIpc) is 2.81. The molecule has 0 saturated heterocycles. The van der Waals surface area contributed by atoms with E-state index in [1.807, 2.05) is 34.6 Å². The molecule has 1 saturated carbocycles. The first-order chi connectivity index (χ1) is 10.3. The first-order valence-corrected chi connectivity index (χ1v) is 8.30. The van der Waals surface area contributed by atoms with Gasteiger partial charge in [0.1, 0.15) is 5.60 Å². The molecule has 2 unspecified atom stereocenters. The topological polar surface area (TPSA) is 68.8 Å². The molecule has 0 aromatic heterocycles. The van der Waals surface area contributed by atoms with Crippen LogP contribution in [0.3, 0.4) is 0 Å². The third-order valence-electron chi connectivity index (χ3n) is 3.43. The first-order valence-electron chi connectivity index (χ1n) is 8.30. The van der Waals surface area contributed by atoms with Crippen LogP contribution in [0.25, 0.3) is 0 Å². The van der Waals surface area contributed by atoms with E-state index in [-0.39, 0.29) is 18.4 Å². The average molecular weight is 316 g/mol. The van der Waals surface area contributed by atoms with E-state index in [0.29, 0.717) is 25.8 Å². The highest BCUT2D eigenvalue weighted by Crippen LogP contribution is 2.20. The molecule has 130 valence electrons. The number of amides is 1. The summed E-state index contributed by atoms with van der Waals surface area (Å²) in [4.78, 5) is 11.8. The fourth-order valence-corrected chi connectivity index (χ4v) is 2.57. The Morgan fingerprint density at radius 3 is 2.27 bits per heavy atom. The van der Waals surface area contributed by atoms with Crippen LogP contribution in [0.5, 0.6) is 0 Å². The van der Waals surface area contributed by atoms with Crippen LogP contribution >= 0.6 is 0 Å². The van der Waals surface area contributed by atoms with Crippen molar-refractivity contribution >= 4 is 6.09 Å². The zero-order chi connectivity index (χ0) is 16.6. The monoisotopic (exact) mass is 316 g/mol. The molecule has 0 radical (unpaired) electrons. The van der Waals surface area contributed by atoms with E-state index >= 15 is 0 Å². The van der Waals surface area contributed by atoms with E-state index in [2.05, 4.69) is 10.6 Å². The van der Waals surface area contributed by atoms with Crippen LogP contribution in [-0.4, -0.2) is 49.8 Å². The van der Waals surface area contributed by atoms with Crippen molar-refractivity contribution in [1.82, 2.24) is 10.6 Å². The summed E-state index contributed by atoms with van der Waals surface area (Å²) in [6.07, 6.45) is 2.37. The number of ether oxygens (including phenoxy) is 3. The molecule has 0 aliphatic heterocycles. The number of carbonyl (C=O) groups excluding carboxylic acids is 1. The SMILES string of the molecule is CCOC(CNC1CCC(NC(=O)OC(C)(C)C)C1)OCC. The van der Waals surface area contributed by atoms with Crippen LogP contribution in [0.15, 0.2) is 0 Å². The molecule has 22 heavy (non-hydrogen) atoms. The maximum atomic E-state index is 11.8. The maximum Gasteiger partial charge on any atom is 0.407 e. The number of alkyl carbamates (subject to hydrolysis) is 1. The molecule has 6 nitrogen and oxygen atoms in total. The molecule has 2 N–H and O–H groups in total. The molecule has 0 bridgehead atoms. The third-order valence-corrected chi connectivity index (χ3v) is 3.43. The van der Waals surface area contributed by atoms with E-state index in [9.17, 15) is 4.79 Å². The van der Waals surface area contributed by atoms with Gasteiger partial charge < -0.3 is 24.8 Å². The van der Waals surface area contributed by atoms with Crippen LogP contribution in [0, 0.1) is 0 Å². The van der Waals surface area contributed by atoms with Gasteiger partial charge in [0.2, 0.25) is 0 Å². The third kappa shape index (κ3) is 7.96. The summed E-state index contributed by atoms with van der Waals surface area (Å²) >= 11 is 0. The van der Waals surface area contributed by atoms with Crippen molar-refractivity contribution in [2.75, 3.05) is 19.8 Å². The standard InChI is InChI=1S/C16H32N2O4/c1-6-20-14(21-7-2)11-17-12-8-9-13(10-12)18-15(19)22-16(3,4)5/h12-14,17H,6-11H2,1-5H3,(H,18,19). The molecule has 0 aromatic rings. The van der Waals surface area contributed by atoms with Gasteiger partial charge in [0.25, 0.3) is 0 Å². The van der Waals surface area contributed by atoms with Crippen molar-refractivity contribution in [2.45, 2.75) is 77.9 Å². The van der Waals surface area contributed by atoms with Gasteiger partial charge in [-0.15, -0.1) is 0 Å². The highest BCUT2D eigenvalue weighted by Gasteiger charge is 2.27. The zero-order valence-electron chi connectivity index (χ0n) is 14.6. The summed E-state index contributed by atoms with van der Waals surface area (Å²) < 4.78 is 16.3. The van der Waals surface area contributed by atoms with Crippen LogP contribution in [0.4, 0.5) is 4.79 Å². The molecule has 2 atom stereocenters. The number of rotatable bonds is 8. The quantitative estimate of drug-likeness (QED) is 0.673. The minimum atomic E-state index is -0.456. The smallest absolute Gasteiger partial charge is 0.407 e. The van der Waals surface area contributed by atoms with Crippen molar-refractivity contribution in [2.24, 2.45) is 0 Å². The fraction of sp³-hybridized carbons (Fsp3) is 0.938. The second kappa shape index (κ2) is 9.33. The Hall–Kier alpha value is -0.850. The number of hydrogen-bond acceptors (Lipinski definition) is 5. The van der Waals surface area contributed by atoms with Crippen LogP contribution in [0.2, 0.25) is 0 Å². The Labute approximate surface area is 134 Å². The highest BCUT2D eigenvalue weighted by molar-refractivity contribution is 5.68. The molecule has 1 aliphatic carbocycles. The Balaban J connectivity index is 2.26. The van der Waals surface area contributed by atoms with Crippen molar-refractivity contribution in [3.05, 3.63) is 0 Å². The first kappa shape index (κ1) is 19.2. The molecule has 1 fully saturated rings. The number of hydrogen-bond donors (Lipinski definition) is 2. The lowest BCUT2D eigenvalue weighted by Crippen LogP contribution is -2.40. The van der Waals surface area contributed by atoms with Crippen molar-refractivity contribution in [3.8, 4) is 0 Å². The van der Waals surface area contributed by atoms with Gasteiger partial charge in [-0.3, -0.25) is 0 Å². The van der Waals surface area contributed by atoms with Gasteiger partial charge in [-0.2, -0.15) is 0 Å². The van der Waals surface area contributed by atoms with Gasteiger partial charge in [0, 0.05) is 31.8 Å². The molecule has 1 amide bonds. The van der Waals surface area contributed by atoms with Crippen molar-refractivity contribution in [1.29, 1.82) is 0 Å². The molecule has 0 heterocycles. The van der Waals surface area contributed by atoms with Gasteiger partial charge in [-0.05, 0) is 53.9 Å². The lowest BCUT2D eigenvalue weighted by atomic mass is 10.2. The molecular formula is C16H32N2O4. The van der Waals surface area contributed by atoms with E-state index in [0.717, 1.165) is 19.3 Å². The predicted octanol–water partition coefficient (Wildman–Crippen LogP) is 2.42. The molecule has 1 aliphatic rings. The minimum absolute atomic E-state index is 0.171. The van der Waals surface area contributed by atoms with E-state index in [1.165, 1.54) is 0 Å². The van der Waals surface area contributed by atoms with Gasteiger partial charge >= 0.3 is 6.09 Å². The van der Waals surface area contributed by atoms with Gasteiger partial charge in [0.15, 0.2) is 6.29 Å². The Morgan fingerprint density at radius 2 is 1.73 bits per heavy atom. The summed E-state index contributed by atoms with van der Waals surface area (Å²) in [6.45, 7) is 11.5. The number of carbonyl (C=O) groups is 1. The summed E-state index contributed by atoms with van der Waals surface area (Å²) in [5, 5.41) is 6.40. The van der Waals surface area contributed by atoms with E-state index < -0.39 is 5.60 Å². The largest absolute Gasteiger partial charge is 0.444 e.